The molecule has 1 unspecified atom stereocenters. The summed E-state index contributed by atoms with van der Waals surface area (Å²) in [6, 6.07) is 16.9. The summed E-state index contributed by atoms with van der Waals surface area (Å²) in [6.45, 7) is 2.74. The van der Waals surface area contributed by atoms with Gasteiger partial charge in [0.1, 0.15) is 0 Å². The molecule has 2 N–H and O–H groups in total. The van der Waals surface area contributed by atoms with Crippen LogP contribution in [-0.4, -0.2) is 32.4 Å². The molecule has 1 atom stereocenters. The van der Waals surface area contributed by atoms with Crippen LogP contribution in [0.15, 0.2) is 64.5 Å². The Labute approximate surface area is 174 Å². The van der Waals surface area contributed by atoms with Crippen LogP contribution < -0.4 is 10.9 Å². The van der Waals surface area contributed by atoms with E-state index in [9.17, 15) is 14.7 Å². The molecule has 3 aromatic rings. The average Bonchev–Trinajstić information content (AvgIpc) is 2.76. The van der Waals surface area contributed by atoms with E-state index in [0.29, 0.717) is 42.0 Å². The van der Waals surface area contributed by atoms with Crippen LogP contribution in [0.5, 0.6) is 0 Å². The van der Waals surface area contributed by atoms with E-state index in [4.69, 9.17) is 0 Å². The Morgan fingerprint density at radius 2 is 1.90 bits per heavy atom. The van der Waals surface area contributed by atoms with Crippen LogP contribution in [0.1, 0.15) is 25.3 Å². The lowest BCUT2D eigenvalue weighted by atomic mass is 10.2. The van der Waals surface area contributed by atoms with E-state index in [0.717, 1.165) is 5.56 Å². The van der Waals surface area contributed by atoms with Crippen molar-refractivity contribution in [3.63, 3.8) is 0 Å². The van der Waals surface area contributed by atoms with Gasteiger partial charge in [0.2, 0.25) is 5.91 Å². The second-order valence-corrected chi connectivity index (χ2v) is 7.83. The number of aliphatic hydroxyl groups excluding tert-OH is 1. The standard InChI is InChI=1S/C22H25N3O3S/c1-2-19(20(27)23-15-16-9-4-3-5-10-16)29-22-24-18-12-7-6-11-17(18)21(28)25(22)13-8-14-26/h3-7,9-12,19,26H,2,8,13-15H2,1H3,(H,23,27). The minimum absolute atomic E-state index is 0.0157. The number of benzene rings is 2. The Morgan fingerprint density at radius 1 is 1.17 bits per heavy atom. The highest BCUT2D eigenvalue weighted by Crippen LogP contribution is 2.25. The molecule has 0 spiro atoms. The maximum Gasteiger partial charge on any atom is 0.262 e. The zero-order valence-corrected chi connectivity index (χ0v) is 17.2. The van der Waals surface area contributed by atoms with Crippen molar-refractivity contribution in [1.29, 1.82) is 0 Å². The number of fused-ring (bicyclic) bond motifs is 1. The largest absolute Gasteiger partial charge is 0.396 e. The number of carbonyl (C=O) groups is 1. The van der Waals surface area contributed by atoms with Gasteiger partial charge in [-0.2, -0.15) is 0 Å². The normalized spacial score (nSPS) is 12.1. The second kappa shape index (κ2) is 10.2. The van der Waals surface area contributed by atoms with E-state index >= 15 is 0 Å². The monoisotopic (exact) mass is 411 g/mol. The van der Waals surface area contributed by atoms with E-state index in [1.165, 1.54) is 11.8 Å². The van der Waals surface area contributed by atoms with Crippen LogP contribution in [0, 0.1) is 0 Å². The van der Waals surface area contributed by atoms with Crippen LogP contribution >= 0.6 is 11.8 Å². The molecule has 152 valence electrons. The number of aliphatic hydroxyl groups is 1. The fourth-order valence-electron chi connectivity index (χ4n) is 3.01. The van der Waals surface area contributed by atoms with E-state index in [1.807, 2.05) is 43.3 Å². The van der Waals surface area contributed by atoms with E-state index in [-0.39, 0.29) is 23.3 Å². The van der Waals surface area contributed by atoms with Crippen LogP contribution in [-0.2, 0) is 17.9 Å². The van der Waals surface area contributed by atoms with Gasteiger partial charge in [0.25, 0.3) is 5.56 Å². The predicted molar refractivity (Wildman–Crippen MR) is 116 cm³/mol. The summed E-state index contributed by atoms with van der Waals surface area (Å²) in [4.78, 5) is 30.3. The molecule has 7 heteroatoms. The highest BCUT2D eigenvalue weighted by Gasteiger charge is 2.21. The van der Waals surface area contributed by atoms with Crippen molar-refractivity contribution in [3.05, 3.63) is 70.5 Å². The molecule has 29 heavy (non-hydrogen) atoms. The van der Waals surface area contributed by atoms with Crippen molar-refractivity contribution in [2.24, 2.45) is 0 Å². The van der Waals surface area contributed by atoms with Crippen molar-refractivity contribution in [2.75, 3.05) is 6.61 Å². The smallest absolute Gasteiger partial charge is 0.262 e. The lowest BCUT2D eigenvalue weighted by Crippen LogP contribution is -2.33. The third-order valence-electron chi connectivity index (χ3n) is 4.59. The van der Waals surface area contributed by atoms with Gasteiger partial charge < -0.3 is 10.4 Å². The van der Waals surface area contributed by atoms with Crippen LogP contribution in [0.4, 0.5) is 0 Å². The lowest BCUT2D eigenvalue weighted by Gasteiger charge is -2.18. The van der Waals surface area contributed by atoms with Gasteiger partial charge in [-0.1, -0.05) is 61.2 Å². The summed E-state index contributed by atoms with van der Waals surface area (Å²) >= 11 is 1.30. The molecule has 0 fully saturated rings. The number of rotatable bonds is 9. The van der Waals surface area contributed by atoms with E-state index < -0.39 is 0 Å². The Balaban J connectivity index is 1.83. The molecule has 1 heterocycles. The number of carbonyl (C=O) groups excluding carboxylic acids is 1. The molecule has 0 radical (unpaired) electrons. The Bertz CT molecular complexity index is 1020. The molecular formula is C22H25N3O3S. The number of thioether (sulfide) groups is 1. The summed E-state index contributed by atoms with van der Waals surface area (Å²) in [5.74, 6) is -0.0857. The van der Waals surface area contributed by atoms with Gasteiger partial charge in [0.05, 0.1) is 16.2 Å². The molecule has 0 bridgehead atoms. The van der Waals surface area contributed by atoms with Gasteiger partial charge in [-0.15, -0.1) is 0 Å². The second-order valence-electron chi connectivity index (χ2n) is 6.66. The lowest BCUT2D eigenvalue weighted by molar-refractivity contribution is -0.120. The number of nitrogens with zero attached hydrogens (tertiary/aromatic N) is 2. The molecule has 2 aromatic carbocycles. The first-order valence-corrected chi connectivity index (χ1v) is 10.6. The summed E-state index contributed by atoms with van der Waals surface area (Å²) in [5, 5.41) is 12.9. The first-order chi connectivity index (χ1) is 14.1. The van der Waals surface area contributed by atoms with Crippen molar-refractivity contribution < 1.29 is 9.90 Å². The molecular weight excluding hydrogens is 386 g/mol. The van der Waals surface area contributed by atoms with Gasteiger partial charge in [0.15, 0.2) is 5.16 Å². The Morgan fingerprint density at radius 3 is 2.62 bits per heavy atom. The fraction of sp³-hybridized carbons (Fsp3) is 0.318. The quantitative estimate of drug-likeness (QED) is 0.418. The van der Waals surface area contributed by atoms with Gasteiger partial charge in [-0.25, -0.2) is 4.98 Å². The molecule has 0 aliphatic heterocycles. The zero-order chi connectivity index (χ0) is 20.6. The maximum absolute atomic E-state index is 12.9. The van der Waals surface area contributed by atoms with Gasteiger partial charge >= 0.3 is 0 Å². The third kappa shape index (κ3) is 5.25. The van der Waals surface area contributed by atoms with Gasteiger partial charge in [-0.3, -0.25) is 14.2 Å². The van der Waals surface area contributed by atoms with Crippen LogP contribution in [0.2, 0.25) is 0 Å². The molecule has 6 nitrogen and oxygen atoms in total. The van der Waals surface area contributed by atoms with Crippen molar-refractivity contribution >= 4 is 28.6 Å². The number of hydrogen-bond acceptors (Lipinski definition) is 5. The van der Waals surface area contributed by atoms with Gasteiger partial charge in [-0.05, 0) is 30.5 Å². The van der Waals surface area contributed by atoms with E-state index in [2.05, 4.69) is 10.3 Å². The first kappa shape index (κ1) is 21.1. The maximum atomic E-state index is 12.9. The first-order valence-electron chi connectivity index (χ1n) is 9.72. The minimum Gasteiger partial charge on any atom is -0.396 e. The molecule has 1 aromatic heterocycles. The molecule has 1 amide bonds. The minimum atomic E-state index is -0.368. The molecule has 0 aliphatic rings. The molecule has 3 rings (SSSR count). The van der Waals surface area contributed by atoms with Crippen molar-refractivity contribution in [3.8, 4) is 0 Å². The number of amides is 1. The molecule has 0 saturated heterocycles. The number of hydrogen-bond donors (Lipinski definition) is 2. The summed E-state index contributed by atoms with van der Waals surface area (Å²) in [5.41, 5.74) is 1.50. The Hall–Kier alpha value is -2.64. The topological polar surface area (TPSA) is 84.2 Å². The summed E-state index contributed by atoms with van der Waals surface area (Å²) < 4.78 is 1.57. The average molecular weight is 412 g/mol. The molecule has 0 saturated carbocycles. The van der Waals surface area contributed by atoms with Crippen LogP contribution in [0.25, 0.3) is 10.9 Å². The van der Waals surface area contributed by atoms with Crippen molar-refractivity contribution in [1.82, 2.24) is 14.9 Å². The third-order valence-corrected chi connectivity index (χ3v) is 5.94. The fourth-order valence-corrected chi connectivity index (χ4v) is 4.08. The summed E-state index contributed by atoms with van der Waals surface area (Å²) in [6.07, 6.45) is 1.05. The summed E-state index contributed by atoms with van der Waals surface area (Å²) in [7, 11) is 0. The molecule has 0 aliphatic carbocycles. The zero-order valence-electron chi connectivity index (χ0n) is 16.4. The Kier molecular flexibility index (Phi) is 7.43. The highest BCUT2D eigenvalue weighted by atomic mass is 32.2. The predicted octanol–water partition coefficient (Wildman–Crippen LogP) is 2.97. The highest BCUT2D eigenvalue weighted by molar-refractivity contribution is 8.00. The number of nitrogens with one attached hydrogen (secondary N) is 1. The van der Waals surface area contributed by atoms with Crippen molar-refractivity contribution in [2.45, 2.75) is 43.3 Å². The number of aromatic nitrogens is 2. The number of para-hydroxylation sites is 1. The van der Waals surface area contributed by atoms with Gasteiger partial charge in [0, 0.05) is 19.7 Å². The van der Waals surface area contributed by atoms with Crippen LogP contribution in [0.3, 0.4) is 0 Å². The SMILES string of the molecule is CCC(Sc1nc2ccccc2c(=O)n1CCCO)C(=O)NCc1ccccc1. The van der Waals surface area contributed by atoms with E-state index in [1.54, 1.807) is 22.8 Å².